The summed E-state index contributed by atoms with van der Waals surface area (Å²) < 4.78 is 0. The number of piperidine rings is 1. The van der Waals surface area contributed by atoms with Crippen LogP contribution in [0.4, 0.5) is 0 Å². The van der Waals surface area contributed by atoms with Crippen molar-refractivity contribution in [3.05, 3.63) is 0 Å². The van der Waals surface area contributed by atoms with Crippen molar-refractivity contribution in [2.24, 2.45) is 23.5 Å². The summed E-state index contributed by atoms with van der Waals surface area (Å²) >= 11 is 0. The molecular formula is C14H28N2. The Morgan fingerprint density at radius 3 is 2.19 bits per heavy atom. The minimum Gasteiger partial charge on any atom is -0.330 e. The smallest absolute Gasteiger partial charge is 0.00173 e. The molecule has 0 aromatic rings. The first-order valence-electron chi connectivity index (χ1n) is 7.32. The van der Waals surface area contributed by atoms with Gasteiger partial charge in [0.1, 0.15) is 0 Å². The van der Waals surface area contributed by atoms with Crippen molar-refractivity contribution in [3.63, 3.8) is 0 Å². The lowest BCUT2D eigenvalue weighted by Crippen LogP contribution is -2.40. The maximum absolute atomic E-state index is 6.06. The second-order valence-corrected chi connectivity index (χ2v) is 5.76. The van der Waals surface area contributed by atoms with Crippen molar-refractivity contribution in [1.82, 2.24) is 5.32 Å². The standard InChI is InChI=1S/C14H28N2/c15-10-14(13-8-5-9-16-11-13)12-6-3-1-2-4-7-12/h12-14,16H,1-11,15H2. The summed E-state index contributed by atoms with van der Waals surface area (Å²) in [5.41, 5.74) is 6.06. The molecule has 2 heteroatoms. The zero-order valence-corrected chi connectivity index (χ0v) is 10.6. The van der Waals surface area contributed by atoms with Gasteiger partial charge in [0.25, 0.3) is 0 Å². The van der Waals surface area contributed by atoms with Crippen molar-refractivity contribution in [2.75, 3.05) is 19.6 Å². The maximum Gasteiger partial charge on any atom is -0.00173 e. The molecule has 0 amide bonds. The molecule has 0 bridgehead atoms. The summed E-state index contributed by atoms with van der Waals surface area (Å²) in [6, 6.07) is 0. The van der Waals surface area contributed by atoms with Crippen LogP contribution in [0, 0.1) is 17.8 Å². The monoisotopic (exact) mass is 224 g/mol. The van der Waals surface area contributed by atoms with Crippen molar-refractivity contribution in [2.45, 2.75) is 51.4 Å². The zero-order chi connectivity index (χ0) is 11.2. The molecular weight excluding hydrogens is 196 g/mol. The minimum absolute atomic E-state index is 0.797. The summed E-state index contributed by atoms with van der Waals surface area (Å²) in [4.78, 5) is 0. The van der Waals surface area contributed by atoms with E-state index in [1.54, 1.807) is 0 Å². The summed E-state index contributed by atoms with van der Waals surface area (Å²) in [7, 11) is 0. The van der Waals surface area contributed by atoms with Crippen LogP contribution >= 0.6 is 0 Å². The Morgan fingerprint density at radius 1 is 0.938 bits per heavy atom. The van der Waals surface area contributed by atoms with Gasteiger partial charge >= 0.3 is 0 Å². The molecule has 1 saturated heterocycles. The van der Waals surface area contributed by atoms with Crippen LogP contribution in [0.3, 0.4) is 0 Å². The second kappa shape index (κ2) is 6.61. The van der Waals surface area contributed by atoms with Gasteiger partial charge in [0.05, 0.1) is 0 Å². The Morgan fingerprint density at radius 2 is 1.62 bits per heavy atom. The lowest BCUT2D eigenvalue weighted by atomic mass is 9.75. The quantitative estimate of drug-likeness (QED) is 0.723. The third-order valence-corrected chi connectivity index (χ3v) is 4.72. The highest BCUT2D eigenvalue weighted by Crippen LogP contribution is 2.34. The van der Waals surface area contributed by atoms with Gasteiger partial charge in [0, 0.05) is 0 Å². The van der Waals surface area contributed by atoms with Crippen molar-refractivity contribution in [1.29, 1.82) is 0 Å². The van der Waals surface area contributed by atoms with Gasteiger partial charge in [0.2, 0.25) is 0 Å². The highest BCUT2D eigenvalue weighted by molar-refractivity contribution is 4.83. The van der Waals surface area contributed by atoms with Gasteiger partial charge in [-0.2, -0.15) is 0 Å². The fourth-order valence-electron chi connectivity index (χ4n) is 3.75. The van der Waals surface area contributed by atoms with Gasteiger partial charge in [-0.3, -0.25) is 0 Å². The van der Waals surface area contributed by atoms with Crippen LogP contribution in [0.5, 0.6) is 0 Å². The van der Waals surface area contributed by atoms with E-state index in [-0.39, 0.29) is 0 Å². The summed E-state index contributed by atoms with van der Waals surface area (Å²) in [6.45, 7) is 3.35. The van der Waals surface area contributed by atoms with Crippen LogP contribution in [-0.4, -0.2) is 19.6 Å². The molecule has 1 heterocycles. The molecule has 2 unspecified atom stereocenters. The van der Waals surface area contributed by atoms with E-state index in [0.717, 1.165) is 24.3 Å². The Hall–Kier alpha value is -0.0800. The molecule has 0 aromatic heterocycles. The van der Waals surface area contributed by atoms with E-state index in [1.165, 1.54) is 64.5 Å². The number of hydrogen-bond donors (Lipinski definition) is 2. The molecule has 16 heavy (non-hydrogen) atoms. The van der Waals surface area contributed by atoms with E-state index in [1.807, 2.05) is 0 Å². The predicted molar refractivity (Wildman–Crippen MR) is 69.3 cm³/mol. The summed E-state index contributed by atoms with van der Waals surface area (Å²) in [5, 5.41) is 3.55. The summed E-state index contributed by atoms with van der Waals surface area (Å²) in [6.07, 6.45) is 11.5. The van der Waals surface area contributed by atoms with Crippen molar-refractivity contribution in [3.8, 4) is 0 Å². The maximum atomic E-state index is 6.06. The first kappa shape index (κ1) is 12.4. The van der Waals surface area contributed by atoms with Gasteiger partial charge in [-0.05, 0) is 50.2 Å². The van der Waals surface area contributed by atoms with E-state index >= 15 is 0 Å². The molecule has 2 nitrogen and oxygen atoms in total. The van der Waals surface area contributed by atoms with E-state index in [2.05, 4.69) is 5.32 Å². The molecule has 1 saturated carbocycles. The molecule has 0 spiro atoms. The van der Waals surface area contributed by atoms with Crippen LogP contribution in [-0.2, 0) is 0 Å². The molecule has 1 aliphatic heterocycles. The predicted octanol–water partition coefficient (Wildman–Crippen LogP) is 2.53. The van der Waals surface area contributed by atoms with E-state index in [4.69, 9.17) is 5.73 Å². The van der Waals surface area contributed by atoms with Gasteiger partial charge < -0.3 is 11.1 Å². The Bertz CT molecular complexity index is 179. The SMILES string of the molecule is NCC(C1CCCCCC1)C1CCCNC1. The first-order valence-corrected chi connectivity index (χ1v) is 7.32. The molecule has 3 N–H and O–H groups in total. The van der Waals surface area contributed by atoms with Crippen molar-refractivity contribution >= 4 is 0 Å². The zero-order valence-electron chi connectivity index (χ0n) is 10.6. The normalized spacial score (nSPS) is 30.9. The van der Waals surface area contributed by atoms with Crippen LogP contribution in [0.15, 0.2) is 0 Å². The number of rotatable bonds is 3. The van der Waals surface area contributed by atoms with E-state index in [9.17, 15) is 0 Å². The van der Waals surface area contributed by atoms with Gasteiger partial charge in [-0.1, -0.05) is 38.5 Å². The molecule has 1 aliphatic carbocycles. The summed E-state index contributed by atoms with van der Waals surface area (Å²) in [5.74, 6) is 2.59. The fraction of sp³-hybridized carbons (Fsp3) is 1.00. The Balaban J connectivity index is 1.90. The van der Waals surface area contributed by atoms with E-state index < -0.39 is 0 Å². The average molecular weight is 224 g/mol. The van der Waals surface area contributed by atoms with Crippen LogP contribution < -0.4 is 11.1 Å². The third kappa shape index (κ3) is 3.21. The Labute approximate surface area is 100 Å². The van der Waals surface area contributed by atoms with Crippen molar-refractivity contribution < 1.29 is 0 Å². The van der Waals surface area contributed by atoms with E-state index in [0.29, 0.717) is 0 Å². The lowest BCUT2D eigenvalue weighted by Gasteiger charge is -2.35. The van der Waals surface area contributed by atoms with Crippen LogP contribution in [0.1, 0.15) is 51.4 Å². The fourth-order valence-corrected chi connectivity index (χ4v) is 3.75. The topological polar surface area (TPSA) is 38.0 Å². The van der Waals surface area contributed by atoms with Gasteiger partial charge in [0.15, 0.2) is 0 Å². The molecule has 94 valence electrons. The molecule has 2 rings (SSSR count). The lowest BCUT2D eigenvalue weighted by molar-refractivity contribution is 0.180. The molecule has 0 aromatic carbocycles. The highest BCUT2D eigenvalue weighted by atomic mass is 14.9. The highest BCUT2D eigenvalue weighted by Gasteiger charge is 2.29. The van der Waals surface area contributed by atoms with Crippen LogP contribution in [0.25, 0.3) is 0 Å². The second-order valence-electron chi connectivity index (χ2n) is 5.76. The number of hydrogen-bond acceptors (Lipinski definition) is 2. The third-order valence-electron chi connectivity index (χ3n) is 4.72. The molecule has 2 fully saturated rings. The minimum atomic E-state index is 0.797. The number of nitrogens with two attached hydrogens (primary N) is 1. The van der Waals surface area contributed by atoms with Crippen LogP contribution in [0.2, 0.25) is 0 Å². The Kier molecular flexibility index (Phi) is 5.11. The molecule has 2 atom stereocenters. The first-order chi connectivity index (χ1) is 7.92. The number of nitrogens with one attached hydrogen (secondary N) is 1. The largest absolute Gasteiger partial charge is 0.330 e. The average Bonchev–Trinajstić information content (AvgIpc) is 2.61. The van der Waals surface area contributed by atoms with Gasteiger partial charge in [-0.15, -0.1) is 0 Å². The van der Waals surface area contributed by atoms with Gasteiger partial charge in [-0.25, -0.2) is 0 Å². The molecule has 2 aliphatic rings. The molecule has 0 radical (unpaired) electrons.